The van der Waals surface area contributed by atoms with Gasteiger partial charge in [-0.25, -0.2) is 9.50 Å². The predicted octanol–water partition coefficient (Wildman–Crippen LogP) is 0.420. The molecule has 1 aliphatic rings. The molecule has 0 unspecified atom stereocenters. The van der Waals surface area contributed by atoms with E-state index in [1.165, 1.54) is 6.33 Å². The summed E-state index contributed by atoms with van der Waals surface area (Å²) in [4.78, 5) is 22.4. The molecule has 0 bridgehead atoms. The summed E-state index contributed by atoms with van der Waals surface area (Å²) in [5, 5.41) is 14.0. The number of likely N-dealkylation sites (tertiary alicyclic amines) is 1. The maximum absolute atomic E-state index is 12.5. The van der Waals surface area contributed by atoms with Crippen molar-refractivity contribution >= 4 is 11.7 Å². The van der Waals surface area contributed by atoms with Gasteiger partial charge in [-0.05, 0) is 26.7 Å². The fourth-order valence-electron chi connectivity index (χ4n) is 2.46. The highest BCUT2D eigenvalue weighted by atomic mass is 16.3. The van der Waals surface area contributed by atoms with E-state index in [1.54, 1.807) is 15.6 Å². The van der Waals surface area contributed by atoms with E-state index in [4.69, 9.17) is 0 Å². The van der Waals surface area contributed by atoms with Gasteiger partial charge in [0.1, 0.15) is 6.33 Å². The Morgan fingerprint density at radius 1 is 1.35 bits per heavy atom. The monoisotopic (exact) mass is 275 g/mol. The summed E-state index contributed by atoms with van der Waals surface area (Å²) in [5.74, 6) is 0.420. The SMILES string of the molecule is Cc1c(C(=O)N2CCC(C)(O)CC2)cnc2ncnn12. The fraction of sp³-hybridized carbons (Fsp3) is 0.538. The van der Waals surface area contributed by atoms with E-state index in [0.29, 0.717) is 37.3 Å². The number of piperidine rings is 1. The molecule has 1 aliphatic heterocycles. The van der Waals surface area contributed by atoms with Crippen molar-refractivity contribution in [1.82, 2.24) is 24.5 Å². The van der Waals surface area contributed by atoms with Gasteiger partial charge >= 0.3 is 0 Å². The molecule has 0 spiro atoms. The number of aryl methyl sites for hydroxylation is 1. The average molecular weight is 275 g/mol. The first-order valence-electron chi connectivity index (χ1n) is 6.65. The van der Waals surface area contributed by atoms with Crippen molar-refractivity contribution in [2.24, 2.45) is 0 Å². The lowest BCUT2D eigenvalue weighted by molar-refractivity contribution is -0.00207. The number of rotatable bonds is 1. The van der Waals surface area contributed by atoms with Crippen LogP contribution in [0.5, 0.6) is 0 Å². The Kier molecular flexibility index (Phi) is 2.93. The van der Waals surface area contributed by atoms with Gasteiger partial charge in [0.2, 0.25) is 0 Å². The molecule has 3 rings (SSSR count). The molecule has 1 saturated heterocycles. The van der Waals surface area contributed by atoms with Crippen LogP contribution < -0.4 is 0 Å². The quantitative estimate of drug-likeness (QED) is 0.815. The summed E-state index contributed by atoms with van der Waals surface area (Å²) >= 11 is 0. The Morgan fingerprint density at radius 3 is 2.75 bits per heavy atom. The number of hydrogen-bond acceptors (Lipinski definition) is 5. The molecule has 2 aromatic rings. The first-order chi connectivity index (χ1) is 9.48. The van der Waals surface area contributed by atoms with Crippen LogP contribution in [0.4, 0.5) is 0 Å². The lowest BCUT2D eigenvalue weighted by Gasteiger charge is -2.35. The molecule has 7 nitrogen and oxygen atoms in total. The lowest BCUT2D eigenvalue weighted by atomic mass is 9.93. The number of aliphatic hydroxyl groups is 1. The van der Waals surface area contributed by atoms with Crippen molar-refractivity contribution in [3.63, 3.8) is 0 Å². The van der Waals surface area contributed by atoms with Crippen molar-refractivity contribution < 1.29 is 9.90 Å². The second kappa shape index (κ2) is 4.52. The number of carbonyl (C=O) groups is 1. The number of hydrogen-bond donors (Lipinski definition) is 1. The average Bonchev–Trinajstić information content (AvgIpc) is 2.88. The topological polar surface area (TPSA) is 83.6 Å². The van der Waals surface area contributed by atoms with Crippen LogP contribution in [-0.4, -0.2) is 54.2 Å². The molecule has 20 heavy (non-hydrogen) atoms. The summed E-state index contributed by atoms with van der Waals surface area (Å²) in [6, 6.07) is 0. The summed E-state index contributed by atoms with van der Waals surface area (Å²) < 4.78 is 1.56. The molecule has 2 aromatic heterocycles. The van der Waals surface area contributed by atoms with E-state index in [0.717, 1.165) is 5.69 Å². The zero-order valence-electron chi connectivity index (χ0n) is 11.6. The molecule has 0 saturated carbocycles. The molecule has 0 atom stereocenters. The van der Waals surface area contributed by atoms with Gasteiger partial charge in [-0.1, -0.05) is 0 Å². The Labute approximate surface area is 116 Å². The van der Waals surface area contributed by atoms with Gasteiger partial charge in [-0.15, -0.1) is 0 Å². The lowest BCUT2D eigenvalue weighted by Crippen LogP contribution is -2.45. The van der Waals surface area contributed by atoms with E-state index in [2.05, 4.69) is 15.1 Å². The van der Waals surface area contributed by atoms with Crippen molar-refractivity contribution in [2.75, 3.05) is 13.1 Å². The van der Waals surface area contributed by atoms with E-state index in [1.807, 2.05) is 13.8 Å². The molecule has 0 radical (unpaired) electrons. The molecule has 7 heteroatoms. The highest BCUT2D eigenvalue weighted by Crippen LogP contribution is 2.23. The molecular formula is C13H17N5O2. The van der Waals surface area contributed by atoms with Crippen LogP contribution in [0.2, 0.25) is 0 Å². The molecule has 0 aliphatic carbocycles. The fourth-order valence-corrected chi connectivity index (χ4v) is 2.46. The Morgan fingerprint density at radius 2 is 2.05 bits per heavy atom. The summed E-state index contributed by atoms with van der Waals surface area (Å²) in [6.07, 6.45) is 4.16. The van der Waals surface area contributed by atoms with E-state index in [-0.39, 0.29) is 5.91 Å². The smallest absolute Gasteiger partial charge is 0.257 e. The van der Waals surface area contributed by atoms with Crippen molar-refractivity contribution in [2.45, 2.75) is 32.3 Å². The van der Waals surface area contributed by atoms with Gasteiger partial charge in [-0.2, -0.15) is 10.1 Å². The summed E-state index contributed by atoms with van der Waals surface area (Å²) in [6.45, 7) is 4.75. The van der Waals surface area contributed by atoms with Crippen LogP contribution in [0.1, 0.15) is 35.8 Å². The van der Waals surface area contributed by atoms with Crippen molar-refractivity contribution in [1.29, 1.82) is 0 Å². The predicted molar refractivity (Wildman–Crippen MR) is 71.3 cm³/mol. The molecule has 1 N–H and O–H groups in total. The third-order valence-electron chi connectivity index (χ3n) is 3.90. The number of amides is 1. The van der Waals surface area contributed by atoms with E-state index in [9.17, 15) is 9.90 Å². The number of aromatic nitrogens is 4. The third kappa shape index (κ3) is 2.14. The first kappa shape index (κ1) is 13.0. The highest BCUT2D eigenvalue weighted by molar-refractivity contribution is 5.95. The summed E-state index contributed by atoms with van der Waals surface area (Å²) in [7, 11) is 0. The van der Waals surface area contributed by atoms with Crippen LogP contribution in [0, 0.1) is 6.92 Å². The second-order valence-electron chi connectivity index (χ2n) is 5.52. The Bertz CT molecular complexity index is 654. The minimum atomic E-state index is -0.667. The Balaban J connectivity index is 1.87. The van der Waals surface area contributed by atoms with Gasteiger partial charge < -0.3 is 10.0 Å². The molecule has 1 fully saturated rings. The van der Waals surface area contributed by atoms with Gasteiger partial charge in [-0.3, -0.25) is 4.79 Å². The van der Waals surface area contributed by atoms with Crippen LogP contribution >= 0.6 is 0 Å². The normalized spacial score (nSPS) is 18.4. The minimum absolute atomic E-state index is 0.0668. The van der Waals surface area contributed by atoms with Crippen LogP contribution in [-0.2, 0) is 0 Å². The van der Waals surface area contributed by atoms with Crippen LogP contribution in [0.15, 0.2) is 12.5 Å². The maximum Gasteiger partial charge on any atom is 0.257 e. The maximum atomic E-state index is 12.5. The van der Waals surface area contributed by atoms with Crippen LogP contribution in [0.25, 0.3) is 5.78 Å². The second-order valence-corrected chi connectivity index (χ2v) is 5.52. The van der Waals surface area contributed by atoms with E-state index >= 15 is 0 Å². The largest absolute Gasteiger partial charge is 0.390 e. The van der Waals surface area contributed by atoms with Gasteiger partial charge in [0.25, 0.3) is 11.7 Å². The number of nitrogens with zero attached hydrogens (tertiary/aromatic N) is 5. The molecule has 1 amide bonds. The standard InChI is InChI=1S/C13H17N5O2/c1-9-10(7-14-12-15-8-16-18(9)12)11(19)17-5-3-13(2,20)4-6-17/h7-8,20H,3-6H2,1-2H3. The molecular weight excluding hydrogens is 258 g/mol. The van der Waals surface area contributed by atoms with Crippen molar-refractivity contribution in [3.05, 3.63) is 23.8 Å². The minimum Gasteiger partial charge on any atom is -0.390 e. The van der Waals surface area contributed by atoms with Gasteiger partial charge in [0.15, 0.2) is 0 Å². The molecule has 3 heterocycles. The molecule has 0 aromatic carbocycles. The summed E-state index contributed by atoms with van der Waals surface area (Å²) in [5.41, 5.74) is 0.597. The molecule has 106 valence electrons. The number of fused-ring (bicyclic) bond motifs is 1. The van der Waals surface area contributed by atoms with Crippen molar-refractivity contribution in [3.8, 4) is 0 Å². The zero-order valence-corrected chi connectivity index (χ0v) is 11.6. The highest BCUT2D eigenvalue weighted by Gasteiger charge is 2.30. The van der Waals surface area contributed by atoms with Gasteiger partial charge in [0, 0.05) is 19.3 Å². The zero-order chi connectivity index (χ0) is 14.3. The van der Waals surface area contributed by atoms with Gasteiger partial charge in [0.05, 0.1) is 16.9 Å². The van der Waals surface area contributed by atoms with E-state index < -0.39 is 5.60 Å². The van der Waals surface area contributed by atoms with Crippen LogP contribution in [0.3, 0.4) is 0 Å². The number of carbonyl (C=O) groups excluding carboxylic acids is 1. The third-order valence-corrected chi connectivity index (χ3v) is 3.90. The first-order valence-corrected chi connectivity index (χ1v) is 6.65. The Hall–Kier alpha value is -2.02.